The van der Waals surface area contributed by atoms with Gasteiger partial charge >= 0.3 is 12.1 Å². The van der Waals surface area contributed by atoms with Crippen LogP contribution in [0.1, 0.15) is 35.6 Å². The number of carbonyl (C=O) groups is 1. The molecule has 1 heterocycles. The molecule has 0 radical (unpaired) electrons. The molecule has 150 valence electrons. The van der Waals surface area contributed by atoms with Crippen molar-refractivity contribution < 1.29 is 23.1 Å². The molecule has 0 saturated carbocycles. The molecule has 0 amide bonds. The van der Waals surface area contributed by atoms with Crippen molar-refractivity contribution in [2.45, 2.75) is 31.1 Å². The van der Waals surface area contributed by atoms with E-state index in [1.165, 1.54) is 12.1 Å². The fraction of sp³-hybridized carbons (Fsp3) is 0.316. The first-order chi connectivity index (χ1) is 13.1. The topological polar surface area (TPSA) is 40.5 Å². The molecule has 1 aliphatic rings. The quantitative estimate of drug-likeness (QED) is 0.591. The van der Waals surface area contributed by atoms with Crippen LogP contribution in [0.2, 0.25) is 15.1 Å². The maximum atomic E-state index is 13.4. The first kappa shape index (κ1) is 21.2. The van der Waals surface area contributed by atoms with Crippen LogP contribution in [0.15, 0.2) is 36.4 Å². The SMILES string of the molecule is O=C(O)C1CCCN1C(c1ccc(Cl)c(Cl)c1)c1ccc(Cl)c(C(F)(F)F)c1. The van der Waals surface area contributed by atoms with Crippen molar-refractivity contribution in [1.82, 2.24) is 4.90 Å². The fourth-order valence-electron chi connectivity index (χ4n) is 3.55. The van der Waals surface area contributed by atoms with Gasteiger partial charge in [0.05, 0.1) is 26.7 Å². The van der Waals surface area contributed by atoms with Crippen LogP contribution in [-0.2, 0) is 11.0 Å². The second-order valence-electron chi connectivity index (χ2n) is 6.55. The lowest BCUT2D eigenvalue weighted by molar-refractivity contribution is -0.143. The monoisotopic (exact) mass is 451 g/mol. The Hall–Kier alpha value is -1.47. The van der Waals surface area contributed by atoms with Crippen molar-refractivity contribution in [2.24, 2.45) is 0 Å². The van der Waals surface area contributed by atoms with E-state index in [1.807, 2.05) is 0 Å². The zero-order chi connectivity index (χ0) is 20.6. The van der Waals surface area contributed by atoms with Crippen LogP contribution >= 0.6 is 34.8 Å². The maximum absolute atomic E-state index is 13.4. The molecular formula is C19H15Cl3F3NO2. The Kier molecular flexibility index (Phi) is 6.15. The molecule has 2 aromatic rings. The summed E-state index contributed by atoms with van der Waals surface area (Å²) in [6.45, 7) is 0.422. The molecule has 1 saturated heterocycles. The molecule has 2 atom stereocenters. The second kappa shape index (κ2) is 8.11. The van der Waals surface area contributed by atoms with E-state index < -0.39 is 34.8 Å². The van der Waals surface area contributed by atoms with Gasteiger partial charge in [0, 0.05) is 6.54 Å². The molecule has 2 aromatic carbocycles. The third-order valence-electron chi connectivity index (χ3n) is 4.78. The molecule has 0 aromatic heterocycles. The summed E-state index contributed by atoms with van der Waals surface area (Å²) < 4.78 is 40.1. The van der Waals surface area contributed by atoms with Crippen LogP contribution < -0.4 is 0 Å². The molecule has 0 bridgehead atoms. The lowest BCUT2D eigenvalue weighted by Crippen LogP contribution is -2.39. The number of halogens is 6. The number of nitrogens with zero attached hydrogens (tertiary/aromatic N) is 1. The van der Waals surface area contributed by atoms with Gasteiger partial charge in [-0.1, -0.05) is 46.9 Å². The van der Waals surface area contributed by atoms with Crippen molar-refractivity contribution in [1.29, 1.82) is 0 Å². The van der Waals surface area contributed by atoms with Crippen molar-refractivity contribution >= 4 is 40.8 Å². The number of likely N-dealkylation sites (tertiary alicyclic amines) is 1. The minimum atomic E-state index is -4.63. The van der Waals surface area contributed by atoms with E-state index in [2.05, 4.69) is 0 Å². The summed E-state index contributed by atoms with van der Waals surface area (Å²) in [6, 6.07) is 6.79. The number of benzene rings is 2. The van der Waals surface area contributed by atoms with Gasteiger partial charge in [-0.15, -0.1) is 0 Å². The molecule has 0 spiro atoms. The zero-order valence-electron chi connectivity index (χ0n) is 14.3. The number of carboxylic acid groups (broad SMARTS) is 1. The predicted molar refractivity (Wildman–Crippen MR) is 102 cm³/mol. The van der Waals surface area contributed by atoms with Crippen molar-refractivity contribution in [3.63, 3.8) is 0 Å². The Morgan fingerprint density at radius 3 is 2.21 bits per heavy atom. The first-order valence-electron chi connectivity index (χ1n) is 8.39. The van der Waals surface area contributed by atoms with Gasteiger partial charge in [-0.05, 0) is 48.2 Å². The van der Waals surface area contributed by atoms with E-state index in [0.717, 1.165) is 6.07 Å². The average molecular weight is 453 g/mol. The summed E-state index contributed by atoms with van der Waals surface area (Å²) in [5, 5.41) is 9.68. The zero-order valence-corrected chi connectivity index (χ0v) is 16.6. The Morgan fingerprint density at radius 2 is 1.64 bits per heavy atom. The largest absolute Gasteiger partial charge is 0.480 e. The van der Waals surface area contributed by atoms with E-state index in [-0.39, 0.29) is 10.6 Å². The number of aliphatic carboxylic acids is 1. The van der Waals surface area contributed by atoms with Crippen molar-refractivity contribution in [2.75, 3.05) is 6.54 Å². The minimum absolute atomic E-state index is 0.236. The molecule has 0 aliphatic carbocycles. The summed E-state index contributed by atoms with van der Waals surface area (Å²) in [5.41, 5.74) is -0.135. The van der Waals surface area contributed by atoms with Gasteiger partial charge in [-0.3, -0.25) is 9.69 Å². The van der Waals surface area contributed by atoms with Gasteiger partial charge < -0.3 is 5.11 Å². The van der Waals surface area contributed by atoms with Gasteiger partial charge in [0.25, 0.3) is 0 Å². The summed E-state index contributed by atoms with van der Waals surface area (Å²) in [5.74, 6) is -1.02. The number of carboxylic acids is 1. The third-order valence-corrected chi connectivity index (χ3v) is 5.85. The lowest BCUT2D eigenvalue weighted by Gasteiger charge is -2.32. The van der Waals surface area contributed by atoms with Gasteiger partial charge in [0.15, 0.2) is 0 Å². The van der Waals surface area contributed by atoms with Gasteiger partial charge in [0.1, 0.15) is 6.04 Å². The minimum Gasteiger partial charge on any atom is -0.480 e. The van der Waals surface area contributed by atoms with Gasteiger partial charge in [0.2, 0.25) is 0 Å². The highest BCUT2D eigenvalue weighted by atomic mass is 35.5. The molecule has 9 heteroatoms. The highest BCUT2D eigenvalue weighted by Gasteiger charge is 2.39. The number of rotatable bonds is 4. The molecule has 2 unspecified atom stereocenters. The number of hydrogen-bond acceptors (Lipinski definition) is 2. The first-order valence-corrected chi connectivity index (χ1v) is 9.53. The van der Waals surface area contributed by atoms with Crippen LogP contribution in [0.4, 0.5) is 13.2 Å². The molecular weight excluding hydrogens is 438 g/mol. The highest BCUT2D eigenvalue weighted by Crippen LogP contribution is 2.41. The molecule has 1 N–H and O–H groups in total. The van der Waals surface area contributed by atoms with Crippen molar-refractivity contribution in [3.8, 4) is 0 Å². The highest BCUT2D eigenvalue weighted by molar-refractivity contribution is 6.42. The third kappa shape index (κ3) is 4.25. The van der Waals surface area contributed by atoms with E-state index in [0.29, 0.717) is 30.0 Å². The Bertz CT molecular complexity index is 904. The van der Waals surface area contributed by atoms with E-state index in [4.69, 9.17) is 34.8 Å². The summed E-state index contributed by atoms with van der Waals surface area (Å²) >= 11 is 17.8. The second-order valence-corrected chi connectivity index (χ2v) is 7.77. The normalized spacial score (nSPS) is 19.0. The fourth-order valence-corrected chi connectivity index (χ4v) is 4.08. The molecule has 3 nitrogen and oxygen atoms in total. The maximum Gasteiger partial charge on any atom is 0.417 e. The summed E-state index contributed by atoms with van der Waals surface area (Å²) in [4.78, 5) is 13.4. The molecule has 3 rings (SSSR count). The molecule has 1 fully saturated rings. The van der Waals surface area contributed by atoms with Gasteiger partial charge in [-0.25, -0.2) is 0 Å². The number of alkyl halides is 3. The predicted octanol–water partition coefficient (Wildman–Crippen LogP) is 6.30. The van der Waals surface area contributed by atoms with Crippen LogP contribution in [0.25, 0.3) is 0 Å². The average Bonchev–Trinajstić information content (AvgIpc) is 3.08. The van der Waals surface area contributed by atoms with Gasteiger partial charge in [-0.2, -0.15) is 13.2 Å². The molecule has 28 heavy (non-hydrogen) atoms. The summed E-state index contributed by atoms with van der Waals surface area (Å²) in [7, 11) is 0. The molecule has 1 aliphatic heterocycles. The van der Waals surface area contributed by atoms with Crippen LogP contribution in [0.3, 0.4) is 0 Å². The van der Waals surface area contributed by atoms with Crippen LogP contribution in [0.5, 0.6) is 0 Å². The summed E-state index contributed by atoms with van der Waals surface area (Å²) in [6.07, 6.45) is -3.60. The standard InChI is InChI=1S/C19H15Cl3F3NO2/c20-13-5-3-10(8-12(13)19(23,24)25)17(11-4-6-14(21)15(22)9-11)26-7-1-2-16(26)18(27)28/h3-6,8-9,16-17H,1-2,7H2,(H,27,28). The smallest absolute Gasteiger partial charge is 0.417 e. The van der Waals surface area contributed by atoms with E-state index in [1.54, 1.807) is 23.1 Å². The van der Waals surface area contributed by atoms with E-state index >= 15 is 0 Å². The lowest BCUT2D eigenvalue weighted by atomic mass is 9.94. The van der Waals surface area contributed by atoms with Crippen molar-refractivity contribution in [3.05, 3.63) is 68.2 Å². The number of hydrogen-bond donors (Lipinski definition) is 1. The van der Waals surface area contributed by atoms with E-state index in [9.17, 15) is 23.1 Å². The Labute approximate surface area is 174 Å². The van der Waals surface area contributed by atoms with Crippen LogP contribution in [-0.4, -0.2) is 28.6 Å². The van der Waals surface area contributed by atoms with Crippen LogP contribution in [0, 0.1) is 0 Å². The Balaban J connectivity index is 2.16. The Morgan fingerprint density at radius 1 is 1.04 bits per heavy atom.